The van der Waals surface area contributed by atoms with Gasteiger partial charge < -0.3 is 4.74 Å². The molecule has 0 aliphatic rings. The molecule has 0 N–H and O–H groups in total. The van der Waals surface area contributed by atoms with Crippen LogP contribution in [0.5, 0.6) is 0 Å². The monoisotopic (exact) mass is 400 g/mol. The fourth-order valence-electron chi connectivity index (χ4n) is 3.84. The first-order chi connectivity index (χ1) is 14.5. The van der Waals surface area contributed by atoms with E-state index in [0.29, 0.717) is 12.3 Å². The summed E-state index contributed by atoms with van der Waals surface area (Å²) in [5, 5.41) is 0. The molecule has 0 aliphatic carbocycles. The highest BCUT2D eigenvalue weighted by molar-refractivity contribution is 5.96. The first-order valence-corrected chi connectivity index (χ1v) is 10.9. The Bertz CT molecular complexity index is 916. The molecule has 0 heterocycles. The van der Waals surface area contributed by atoms with E-state index >= 15 is 0 Å². The lowest BCUT2D eigenvalue weighted by molar-refractivity contribution is -0.0416. The molecule has 2 nitrogen and oxygen atoms in total. The van der Waals surface area contributed by atoms with Gasteiger partial charge in [-0.15, -0.1) is 0 Å². The normalized spacial score (nSPS) is 13.2. The molecule has 30 heavy (non-hydrogen) atoms. The molecule has 0 spiro atoms. The molecule has 3 rings (SSSR count). The van der Waals surface area contributed by atoms with Gasteiger partial charge in [0, 0.05) is 12.0 Å². The molecule has 0 bridgehead atoms. The maximum Gasteiger partial charge on any atom is 0.165 e. The van der Waals surface area contributed by atoms with E-state index < -0.39 is 0 Å². The number of benzene rings is 3. The summed E-state index contributed by atoms with van der Waals surface area (Å²) in [6, 6.07) is 28.4. The average Bonchev–Trinajstić information content (AvgIpc) is 2.77. The summed E-state index contributed by atoms with van der Waals surface area (Å²) in [6.07, 6.45) is 1.94. The molecule has 2 heteroatoms. The van der Waals surface area contributed by atoms with Crippen molar-refractivity contribution in [2.24, 2.45) is 5.92 Å². The number of carbonyl (C=O) groups excluding carboxylic acids is 1. The van der Waals surface area contributed by atoms with E-state index in [4.69, 9.17) is 4.74 Å². The van der Waals surface area contributed by atoms with Crippen LogP contribution in [-0.4, -0.2) is 11.9 Å². The predicted molar refractivity (Wildman–Crippen MR) is 124 cm³/mol. The third-order valence-electron chi connectivity index (χ3n) is 5.55. The maximum absolute atomic E-state index is 12.9. The van der Waals surface area contributed by atoms with Gasteiger partial charge in [0.1, 0.15) is 0 Å². The van der Waals surface area contributed by atoms with E-state index in [1.165, 1.54) is 16.7 Å². The Morgan fingerprint density at radius 3 is 2.07 bits per heavy atom. The van der Waals surface area contributed by atoms with Crippen molar-refractivity contribution in [1.82, 2.24) is 0 Å². The van der Waals surface area contributed by atoms with Gasteiger partial charge in [-0.1, -0.05) is 98.8 Å². The molecule has 0 saturated carbocycles. The molecule has 0 radical (unpaired) electrons. The zero-order valence-electron chi connectivity index (χ0n) is 18.3. The van der Waals surface area contributed by atoms with E-state index in [0.717, 1.165) is 18.4 Å². The average molecular weight is 401 g/mol. The molecule has 0 amide bonds. The molecule has 0 saturated heterocycles. The highest BCUT2D eigenvalue weighted by atomic mass is 16.5. The van der Waals surface area contributed by atoms with Crippen molar-refractivity contribution in [3.05, 3.63) is 107 Å². The Morgan fingerprint density at radius 2 is 1.43 bits per heavy atom. The van der Waals surface area contributed by atoms with Gasteiger partial charge in [-0.2, -0.15) is 0 Å². The summed E-state index contributed by atoms with van der Waals surface area (Å²) in [7, 11) is 0. The highest BCUT2D eigenvalue weighted by Crippen LogP contribution is 2.31. The topological polar surface area (TPSA) is 26.3 Å². The quantitative estimate of drug-likeness (QED) is 0.343. The molecule has 2 atom stereocenters. The molecule has 3 aromatic carbocycles. The summed E-state index contributed by atoms with van der Waals surface area (Å²) >= 11 is 0. The lowest BCUT2D eigenvalue weighted by Gasteiger charge is -2.29. The number of ether oxygens (including phenoxy) is 1. The minimum Gasteiger partial charge on any atom is -0.370 e. The van der Waals surface area contributed by atoms with Gasteiger partial charge in [0.05, 0.1) is 12.2 Å². The molecule has 156 valence electrons. The lowest BCUT2D eigenvalue weighted by atomic mass is 9.94. The number of Topliss-reactive ketones (excluding diaryl/α,β-unsaturated/α-hetero) is 1. The SMILES string of the molecule is Cc1ccccc1[C@H](O[C@@H](CCc1ccccc1)CC(=O)c1ccccc1)C(C)C. The number of carbonyl (C=O) groups is 1. The fraction of sp³-hybridized carbons (Fsp3) is 0.321. The Hall–Kier alpha value is -2.71. The van der Waals surface area contributed by atoms with Gasteiger partial charge in [-0.25, -0.2) is 0 Å². The second kappa shape index (κ2) is 10.9. The van der Waals surface area contributed by atoms with Gasteiger partial charge >= 0.3 is 0 Å². The Labute approximate surface area is 180 Å². The Kier molecular flexibility index (Phi) is 7.98. The van der Waals surface area contributed by atoms with Crippen LogP contribution in [-0.2, 0) is 11.2 Å². The Balaban J connectivity index is 1.79. The number of aryl methyl sites for hydroxylation is 2. The van der Waals surface area contributed by atoms with E-state index in [-0.39, 0.29) is 18.0 Å². The van der Waals surface area contributed by atoms with Crippen LogP contribution in [0.1, 0.15) is 59.8 Å². The second-order valence-corrected chi connectivity index (χ2v) is 8.30. The highest BCUT2D eigenvalue weighted by Gasteiger charge is 2.25. The minimum absolute atomic E-state index is 0.0319. The standard InChI is InChI=1S/C28H32O2/c1-21(2)28(26-17-11-10-12-22(26)3)30-25(19-18-23-13-6-4-7-14-23)20-27(29)24-15-8-5-9-16-24/h4-17,21,25,28H,18-20H2,1-3H3/t25-,28+/m0/s1. The van der Waals surface area contributed by atoms with Crippen LogP contribution >= 0.6 is 0 Å². The number of ketones is 1. The molecule has 0 unspecified atom stereocenters. The Morgan fingerprint density at radius 1 is 0.833 bits per heavy atom. The summed E-state index contributed by atoms with van der Waals surface area (Å²) in [6.45, 7) is 6.50. The molecular formula is C28H32O2. The largest absolute Gasteiger partial charge is 0.370 e. The van der Waals surface area contributed by atoms with Crippen molar-refractivity contribution in [3.8, 4) is 0 Å². The van der Waals surface area contributed by atoms with Crippen molar-refractivity contribution in [3.63, 3.8) is 0 Å². The second-order valence-electron chi connectivity index (χ2n) is 8.30. The van der Waals surface area contributed by atoms with Crippen molar-refractivity contribution in [2.45, 2.75) is 52.2 Å². The summed E-state index contributed by atoms with van der Waals surface area (Å²) in [5.41, 5.74) is 4.47. The predicted octanol–water partition coefficient (Wildman–Crippen LogP) is 6.98. The summed E-state index contributed by atoms with van der Waals surface area (Å²) in [5.74, 6) is 0.457. The number of hydrogen-bond acceptors (Lipinski definition) is 2. The fourth-order valence-corrected chi connectivity index (χ4v) is 3.84. The van der Waals surface area contributed by atoms with E-state index in [2.05, 4.69) is 69.3 Å². The van der Waals surface area contributed by atoms with Gasteiger partial charge in [0.2, 0.25) is 0 Å². The van der Waals surface area contributed by atoms with Crippen LogP contribution in [0, 0.1) is 12.8 Å². The van der Waals surface area contributed by atoms with Gasteiger partial charge in [0.15, 0.2) is 5.78 Å². The zero-order chi connectivity index (χ0) is 21.3. The van der Waals surface area contributed by atoms with E-state index in [1.807, 2.05) is 36.4 Å². The molecule has 0 aromatic heterocycles. The number of hydrogen-bond donors (Lipinski definition) is 0. The van der Waals surface area contributed by atoms with Crippen LogP contribution in [0.4, 0.5) is 0 Å². The molecule has 0 aliphatic heterocycles. The maximum atomic E-state index is 12.9. The lowest BCUT2D eigenvalue weighted by Crippen LogP contribution is -2.24. The van der Waals surface area contributed by atoms with Crippen molar-refractivity contribution < 1.29 is 9.53 Å². The number of rotatable bonds is 10. The van der Waals surface area contributed by atoms with Crippen molar-refractivity contribution >= 4 is 5.78 Å². The molecule has 3 aromatic rings. The summed E-state index contributed by atoms with van der Waals surface area (Å²) in [4.78, 5) is 12.9. The smallest absolute Gasteiger partial charge is 0.165 e. The third-order valence-corrected chi connectivity index (χ3v) is 5.55. The zero-order valence-corrected chi connectivity index (χ0v) is 18.3. The molecule has 0 fully saturated rings. The van der Waals surface area contributed by atoms with E-state index in [1.54, 1.807) is 0 Å². The summed E-state index contributed by atoms with van der Waals surface area (Å²) < 4.78 is 6.67. The van der Waals surface area contributed by atoms with Crippen molar-refractivity contribution in [1.29, 1.82) is 0 Å². The van der Waals surface area contributed by atoms with Crippen LogP contribution < -0.4 is 0 Å². The van der Waals surface area contributed by atoms with Crippen LogP contribution in [0.2, 0.25) is 0 Å². The van der Waals surface area contributed by atoms with Crippen LogP contribution in [0.25, 0.3) is 0 Å². The first kappa shape index (κ1) is 22.0. The van der Waals surface area contributed by atoms with Gasteiger partial charge in [0.25, 0.3) is 0 Å². The molecular weight excluding hydrogens is 368 g/mol. The van der Waals surface area contributed by atoms with Gasteiger partial charge in [-0.3, -0.25) is 4.79 Å². The van der Waals surface area contributed by atoms with Crippen LogP contribution in [0.3, 0.4) is 0 Å². The minimum atomic E-state index is -0.134. The van der Waals surface area contributed by atoms with Crippen molar-refractivity contribution in [2.75, 3.05) is 0 Å². The van der Waals surface area contributed by atoms with Crippen LogP contribution in [0.15, 0.2) is 84.9 Å². The first-order valence-electron chi connectivity index (χ1n) is 10.9. The van der Waals surface area contributed by atoms with E-state index in [9.17, 15) is 4.79 Å². The third kappa shape index (κ3) is 6.14. The van der Waals surface area contributed by atoms with Gasteiger partial charge in [-0.05, 0) is 42.4 Å².